The highest BCUT2D eigenvalue weighted by atomic mass is 16.5. The van der Waals surface area contributed by atoms with Gasteiger partial charge in [0.05, 0.1) is 20.3 Å². The van der Waals surface area contributed by atoms with Gasteiger partial charge in [0.2, 0.25) is 0 Å². The van der Waals surface area contributed by atoms with Crippen molar-refractivity contribution < 1.29 is 23.9 Å². The van der Waals surface area contributed by atoms with Crippen LogP contribution in [0.15, 0.2) is 36.0 Å². The summed E-state index contributed by atoms with van der Waals surface area (Å²) in [5, 5.41) is 2.78. The first-order valence-corrected chi connectivity index (χ1v) is 7.51. The fourth-order valence-electron chi connectivity index (χ4n) is 2.01. The van der Waals surface area contributed by atoms with E-state index in [4.69, 9.17) is 0 Å². The number of rotatable bonds is 7. The zero-order chi connectivity index (χ0) is 18.1. The minimum absolute atomic E-state index is 0.0863. The van der Waals surface area contributed by atoms with Gasteiger partial charge < -0.3 is 19.7 Å². The number of anilines is 1. The molecule has 0 aliphatic carbocycles. The zero-order valence-electron chi connectivity index (χ0n) is 14.3. The molecule has 1 amide bonds. The summed E-state index contributed by atoms with van der Waals surface area (Å²) in [7, 11) is 2.41. The molecule has 0 aliphatic rings. The number of methoxy groups -OCH3 is 2. The summed E-state index contributed by atoms with van der Waals surface area (Å²) in [6.45, 7) is 5.00. The topological polar surface area (TPSA) is 84.9 Å². The Morgan fingerprint density at radius 2 is 1.79 bits per heavy atom. The van der Waals surface area contributed by atoms with E-state index in [0.29, 0.717) is 24.3 Å². The van der Waals surface area contributed by atoms with Gasteiger partial charge >= 0.3 is 11.9 Å². The summed E-state index contributed by atoms with van der Waals surface area (Å²) >= 11 is 0. The maximum atomic E-state index is 12.4. The quantitative estimate of drug-likeness (QED) is 0.605. The van der Waals surface area contributed by atoms with E-state index in [9.17, 15) is 14.4 Å². The Bertz CT molecular complexity index is 636. The fraction of sp³-hybridized carbons (Fsp3) is 0.353. The van der Waals surface area contributed by atoms with Crippen LogP contribution in [0.1, 0.15) is 24.2 Å². The van der Waals surface area contributed by atoms with Gasteiger partial charge in [0.25, 0.3) is 5.91 Å². The number of carbonyl (C=O) groups excluding carboxylic acids is 3. The average Bonchev–Trinajstić information content (AvgIpc) is 2.61. The molecular weight excluding hydrogens is 312 g/mol. The SMILES string of the molecule is CCN(CC)C(=O)c1cccc(N/C(=C/C(=O)OC)C(=O)OC)c1. The van der Waals surface area contributed by atoms with Crippen LogP contribution >= 0.6 is 0 Å². The molecule has 0 heterocycles. The summed E-state index contributed by atoms with van der Waals surface area (Å²) in [5.41, 5.74) is 0.872. The molecule has 0 unspecified atom stereocenters. The van der Waals surface area contributed by atoms with Gasteiger partial charge in [0.15, 0.2) is 0 Å². The number of amides is 1. The number of benzene rings is 1. The van der Waals surface area contributed by atoms with Crippen molar-refractivity contribution in [3.8, 4) is 0 Å². The van der Waals surface area contributed by atoms with E-state index in [0.717, 1.165) is 6.08 Å². The highest BCUT2D eigenvalue weighted by molar-refractivity contribution is 5.99. The number of nitrogens with one attached hydrogen (secondary N) is 1. The Morgan fingerprint density at radius 3 is 2.33 bits per heavy atom. The number of hydrogen-bond donors (Lipinski definition) is 1. The molecule has 7 heteroatoms. The third-order valence-corrected chi connectivity index (χ3v) is 3.31. The molecule has 130 valence electrons. The van der Waals surface area contributed by atoms with Gasteiger partial charge in [0.1, 0.15) is 5.70 Å². The first kappa shape index (κ1) is 19.2. The van der Waals surface area contributed by atoms with E-state index in [1.54, 1.807) is 29.2 Å². The molecule has 1 aromatic carbocycles. The fourth-order valence-corrected chi connectivity index (χ4v) is 2.01. The molecular formula is C17H22N2O5. The molecule has 0 bridgehead atoms. The second-order valence-electron chi connectivity index (χ2n) is 4.76. The van der Waals surface area contributed by atoms with Gasteiger partial charge in [-0.05, 0) is 32.0 Å². The van der Waals surface area contributed by atoms with Crippen molar-refractivity contribution in [2.24, 2.45) is 0 Å². The van der Waals surface area contributed by atoms with Gasteiger partial charge in [-0.25, -0.2) is 9.59 Å². The summed E-state index contributed by atoms with van der Waals surface area (Å²) in [6.07, 6.45) is 0.991. The smallest absolute Gasteiger partial charge is 0.354 e. The molecule has 0 fully saturated rings. The second kappa shape index (κ2) is 9.34. The molecule has 0 atom stereocenters. The van der Waals surface area contributed by atoms with Crippen molar-refractivity contribution in [2.45, 2.75) is 13.8 Å². The minimum Gasteiger partial charge on any atom is -0.466 e. The maximum Gasteiger partial charge on any atom is 0.354 e. The Kier molecular flexibility index (Phi) is 7.48. The van der Waals surface area contributed by atoms with Gasteiger partial charge in [-0.2, -0.15) is 0 Å². The lowest BCUT2D eigenvalue weighted by Gasteiger charge is -2.19. The van der Waals surface area contributed by atoms with Crippen molar-refractivity contribution in [2.75, 3.05) is 32.6 Å². The number of carbonyl (C=O) groups is 3. The first-order valence-electron chi connectivity index (χ1n) is 7.51. The van der Waals surface area contributed by atoms with Crippen molar-refractivity contribution in [3.05, 3.63) is 41.6 Å². The van der Waals surface area contributed by atoms with Crippen molar-refractivity contribution >= 4 is 23.5 Å². The third-order valence-electron chi connectivity index (χ3n) is 3.31. The van der Waals surface area contributed by atoms with Crippen LogP contribution in [0.25, 0.3) is 0 Å². The van der Waals surface area contributed by atoms with E-state index >= 15 is 0 Å². The summed E-state index contributed by atoms with van der Waals surface area (Å²) in [4.78, 5) is 37.2. The van der Waals surface area contributed by atoms with Crippen molar-refractivity contribution in [1.29, 1.82) is 0 Å². The molecule has 0 aromatic heterocycles. The molecule has 1 rings (SSSR count). The Balaban J connectivity index is 3.07. The normalized spacial score (nSPS) is 10.8. The lowest BCUT2D eigenvalue weighted by Crippen LogP contribution is -2.30. The van der Waals surface area contributed by atoms with E-state index in [1.807, 2.05) is 13.8 Å². The summed E-state index contributed by atoms with van der Waals surface area (Å²) in [5.74, 6) is -1.53. The van der Waals surface area contributed by atoms with E-state index < -0.39 is 11.9 Å². The van der Waals surface area contributed by atoms with E-state index in [2.05, 4.69) is 14.8 Å². The van der Waals surface area contributed by atoms with Crippen LogP contribution in [0.2, 0.25) is 0 Å². The molecule has 0 spiro atoms. The molecule has 0 radical (unpaired) electrons. The molecule has 7 nitrogen and oxygen atoms in total. The van der Waals surface area contributed by atoms with Crippen molar-refractivity contribution in [3.63, 3.8) is 0 Å². The van der Waals surface area contributed by atoms with E-state index in [1.165, 1.54) is 14.2 Å². The molecule has 1 N–H and O–H groups in total. The standard InChI is InChI=1S/C17H22N2O5/c1-5-19(6-2)16(21)12-8-7-9-13(10-12)18-14(17(22)24-4)11-15(20)23-3/h7-11,18H,5-6H2,1-4H3/b14-11+. The molecule has 0 saturated heterocycles. The summed E-state index contributed by atoms with van der Waals surface area (Å²) in [6, 6.07) is 6.65. The van der Waals surface area contributed by atoms with Gasteiger partial charge in [0, 0.05) is 24.3 Å². The van der Waals surface area contributed by atoms with Gasteiger partial charge in [-0.15, -0.1) is 0 Å². The minimum atomic E-state index is -0.721. The predicted octanol–water partition coefficient (Wildman–Crippen LogP) is 1.81. The summed E-state index contributed by atoms with van der Waals surface area (Å²) < 4.78 is 9.14. The largest absolute Gasteiger partial charge is 0.466 e. The van der Waals surface area contributed by atoms with Gasteiger partial charge in [-0.1, -0.05) is 6.07 Å². The van der Waals surface area contributed by atoms with Crippen LogP contribution in [-0.2, 0) is 19.1 Å². The van der Waals surface area contributed by atoms with Crippen LogP contribution in [0.4, 0.5) is 5.69 Å². The highest BCUT2D eigenvalue weighted by Crippen LogP contribution is 2.15. The first-order chi connectivity index (χ1) is 11.5. The zero-order valence-corrected chi connectivity index (χ0v) is 14.3. The number of ether oxygens (including phenoxy) is 2. The molecule has 0 saturated carbocycles. The van der Waals surface area contributed by atoms with Crippen LogP contribution in [0.5, 0.6) is 0 Å². The number of hydrogen-bond acceptors (Lipinski definition) is 6. The molecule has 0 aliphatic heterocycles. The Morgan fingerprint density at radius 1 is 1.12 bits per heavy atom. The highest BCUT2D eigenvalue weighted by Gasteiger charge is 2.15. The Labute approximate surface area is 141 Å². The van der Waals surface area contributed by atoms with Crippen LogP contribution < -0.4 is 5.32 Å². The number of esters is 2. The average molecular weight is 334 g/mol. The lowest BCUT2D eigenvalue weighted by molar-refractivity contribution is -0.138. The van der Waals surface area contributed by atoms with Gasteiger partial charge in [-0.3, -0.25) is 4.79 Å². The lowest BCUT2D eigenvalue weighted by atomic mass is 10.1. The van der Waals surface area contributed by atoms with Crippen LogP contribution in [0, 0.1) is 0 Å². The number of nitrogens with zero attached hydrogens (tertiary/aromatic N) is 1. The van der Waals surface area contributed by atoms with Crippen molar-refractivity contribution in [1.82, 2.24) is 4.90 Å². The van der Waals surface area contributed by atoms with Crippen LogP contribution in [0.3, 0.4) is 0 Å². The maximum absolute atomic E-state index is 12.4. The molecule has 1 aromatic rings. The predicted molar refractivity (Wildman–Crippen MR) is 89.4 cm³/mol. The van der Waals surface area contributed by atoms with E-state index in [-0.39, 0.29) is 11.6 Å². The Hall–Kier alpha value is -2.83. The third kappa shape index (κ3) is 5.12. The monoisotopic (exact) mass is 334 g/mol. The molecule has 24 heavy (non-hydrogen) atoms. The van der Waals surface area contributed by atoms with Crippen LogP contribution in [-0.4, -0.2) is 50.1 Å². The second-order valence-corrected chi connectivity index (χ2v) is 4.76.